The summed E-state index contributed by atoms with van der Waals surface area (Å²) >= 11 is 7.40. The second-order valence-corrected chi connectivity index (χ2v) is 9.52. The molecule has 0 aliphatic rings. The van der Waals surface area contributed by atoms with Gasteiger partial charge in [-0.3, -0.25) is 14.2 Å². The Balaban J connectivity index is 1.72. The summed E-state index contributed by atoms with van der Waals surface area (Å²) in [5, 5.41) is 3.45. The fourth-order valence-electron chi connectivity index (χ4n) is 3.73. The molecule has 2 heterocycles. The van der Waals surface area contributed by atoms with Gasteiger partial charge < -0.3 is 23.9 Å². The number of furan rings is 1. The summed E-state index contributed by atoms with van der Waals surface area (Å²) in [6.07, 6.45) is 2.03. The number of anilines is 1. The first-order valence-corrected chi connectivity index (χ1v) is 12.6. The highest BCUT2D eigenvalue weighted by Gasteiger charge is 2.24. The van der Waals surface area contributed by atoms with E-state index in [0.29, 0.717) is 56.2 Å². The van der Waals surface area contributed by atoms with Gasteiger partial charge in [0, 0.05) is 11.8 Å². The predicted octanol–water partition coefficient (Wildman–Crippen LogP) is 5.23. The molecule has 0 aliphatic heterocycles. The molecular formula is C26H26ClN3O6S. The molecule has 0 aliphatic carbocycles. The number of rotatable bonds is 10. The summed E-state index contributed by atoms with van der Waals surface area (Å²) < 4.78 is 22.9. The van der Waals surface area contributed by atoms with Gasteiger partial charge in [-0.2, -0.15) is 0 Å². The van der Waals surface area contributed by atoms with Gasteiger partial charge in [-0.05, 0) is 42.8 Å². The summed E-state index contributed by atoms with van der Waals surface area (Å²) in [5.74, 6) is 1.71. The molecule has 0 saturated heterocycles. The molecule has 9 nitrogen and oxygen atoms in total. The first kappa shape index (κ1) is 26.4. The van der Waals surface area contributed by atoms with Gasteiger partial charge in [-0.15, -0.1) is 0 Å². The Kier molecular flexibility index (Phi) is 8.30. The fourth-order valence-corrected chi connectivity index (χ4v) is 5.00. The molecule has 37 heavy (non-hydrogen) atoms. The average molecular weight is 544 g/mol. The van der Waals surface area contributed by atoms with Gasteiger partial charge in [-0.1, -0.05) is 30.3 Å². The number of amides is 1. The number of nitrogens with zero attached hydrogens (tertiary/aromatic N) is 2. The van der Waals surface area contributed by atoms with Crippen LogP contribution in [0, 0.1) is 0 Å². The quantitative estimate of drug-likeness (QED) is 0.214. The second kappa shape index (κ2) is 11.6. The van der Waals surface area contributed by atoms with Crippen LogP contribution in [0.25, 0.3) is 10.9 Å². The van der Waals surface area contributed by atoms with Gasteiger partial charge in [0.25, 0.3) is 5.56 Å². The van der Waals surface area contributed by atoms with E-state index in [0.717, 1.165) is 0 Å². The zero-order valence-corrected chi connectivity index (χ0v) is 22.3. The number of benzene rings is 2. The van der Waals surface area contributed by atoms with Crippen molar-refractivity contribution in [1.82, 2.24) is 9.55 Å². The largest absolute Gasteiger partial charge is 0.495 e. The molecule has 0 radical (unpaired) electrons. The lowest BCUT2D eigenvalue weighted by Crippen LogP contribution is -2.28. The Morgan fingerprint density at radius 1 is 1.11 bits per heavy atom. The Morgan fingerprint density at radius 2 is 1.84 bits per heavy atom. The molecular weight excluding hydrogens is 518 g/mol. The van der Waals surface area contributed by atoms with Crippen molar-refractivity contribution in [3.8, 4) is 17.2 Å². The maximum atomic E-state index is 13.6. The van der Waals surface area contributed by atoms with Crippen LogP contribution in [0.4, 0.5) is 5.69 Å². The van der Waals surface area contributed by atoms with Crippen LogP contribution in [-0.2, 0) is 11.3 Å². The van der Waals surface area contributed by atoms with Crippen LogP contribution >= 0.6 is 23.4 Å². The van der Waals surface area contributed by atoms with Crippen molar-refractivity contribution in [3.05, 3.63) is 69.9 Å². The number of carbonyl (C=O) groups excluding carboxylic acids is 1. The molecule has 1 N–H and O–H groups in total. The van der Waals surface area contributed by atoms with Crippen LogP contribution in [0.15, 0.2) is 63.1 Å². The van der Waals surface area contributed by atoms with E-state index in [-0.39, 0.29) is 18.0 Å². The molecule has 1 amide bonds. The highest BCUT2D eigenvalue weighted by atomic mass is 35.5. The summed E-state index contributed by atoms with van der Waals surface area (Å²) in [5.41, 5.74) is 0.672. The molecule has 11 heteroatoms. The molecule has 0 unspecified atom stereocenters. The monoisotopic (exact) mass is 543 g/mol. The molecule has 0 bridgehead atoms. The molecule has 194 valence electrons. The van der Waals surface area contributed by atoms with Crippen LogP contribution in [0.3, 0.4) is 0 Å². The zero-order valence-electron chi connectivity index (χ0n) is 20.7. The Bertz CT molecular complexity index is 1470. The number of carbonyl (C=O) groups is 1. The molecule has 0 saturated carbocycles. The van der Waals surface area contributed by atoms with Crippen molar-refractivity contribution in [3.63, 3.8) is 0 Å². The van der Waals surface area contributed by atoms with E-state index in [1.54, 1.807) is 42.5 Å². The average Bonchev–Trinajstić information content (AvgIpc) is 3.42. The second-order valence-electron chi connectivity index (χ2n) is 7.94. The van der Waals surface area contributed by atoms with E-state index >= 15 is 0 Å². The topological polar surface area (TPSA) is 105 Å². The van der Waals surface area contributed by atoms with E-state index < -0.39 is 5.25 Å². The van der Waals surface area contributed by atoms with E-state index in [9.17, 15) is 9.59 Å². The fraction of sp³-hybridized carbons (Fsp3) is 0.269. The van der Waals surface area contributed by atoms with Crippen molar-refractivity contribution in [2.75, 3.05) is 26.6 Å². The van der Waals surface area contributed by atoms with Crippen LogP contribution < -0.4 is 25.1 Å². The number of fused-ring (bicyclic) bond motifs is 1. The molecule has 4 aromatic rings. The summed E-state index contributed by atoms with van der Waals surface area (Å²) in [4.78, 5) is 31.6. The Labute approximate surface area is 222 Å². The third kappa shape index (κ3) is 5.70. The van der Waals surface area contributed by atoms with Crippen LogP contribution in [0.2, 0.25) is 5.02 Å². The third-order valence-electron chi connectivity index (χ3n) is 5.65. The minimum absolute atomic E-state index is 0.150. The molecule has 2 aromatic heterocycles. The van der Waals surface area contributed by atoms with Gasteiger partial charge in [0.05, 0.1) is 55.3 Å². The zero-order chi connectivity index (χ0) is 26.5. The third-order valence-corrected chi connectivity index (χ3v) is 7.30. The molecule has 0 spiro atoms. The minimum Gasteiger partial charge on any atom is -0.495 e. The van der Waals surface area contributed by atoms with Crippen molar-refractivity contribution >= 4 is 45.9 Å². The first-order valence-electron chi connectivity index (χ1n) is 11.4. The summed E-state index contributed by atoms with van der Waals surface area (Å²) in [6.45, 7) is 2.04. The van der Waals surface area contributed by atoms with Gasteiger partial charge in [0.15, 0.2) is 16.7 Å². The molecule has 4 rings (SSSR count). The first-order chi connectivity index (χ1) is 17.9. The maximum Gasteiger partial charge on any atom is 0.262 e. The number of nitrogens with one attached hydrogen (secondary N) is 1. The smallest absolute Gasteiger partial charge is 0.262 e. The Morgan fingerprint density at radius 3 is 2.46 bits per heavy atom. The van der Waals surface area contributed by atoms with Gasteiger partial charge in [0.2, 0.25) is 5.91 Å². The van der Waals surface area contributed by atoms with Crippen LogP contribution in [-0.4, -0.2) is 42.0 Å². The number of aromatic nitrogens is 2. The number of ether oxygens (including phenoxy) is 3. The number of hydrogen-bond acceptors (Lipinski definition) is 8. The number of thioether (sulfide) groups is 1. The van der Waals surface area contributed by atoms with E-state index in [1.165, 1.54) is 43.9 Å². The lowest BCUT2D eigenvalue weighted by atomic mass is 10.2. The van der Waals surface area contributed by atoms with Crippen molar-refractivity contribution < 1.29 is 23.4 Å². The van der Waals surface area contributed by atoms with Crippen molar-refractivity contribution in [1.29, 1.82) is 0 Å². The standard InChI is InChI=1S/C26H26ClN3O6S/c1-5-23(24(31)28-15-8-9-20(33-2)18(27)11-15)37-26-29-19-13-22(35-4)21(34-3)12-17(19)25(32)30(26)14-16-7-6-10-36-16/h6-13,23H,5,14H2,1-4H3,(H,28,31)/t23-/m1/s1. The Hall–Kier alpha value is -3.63. The minimum atomic E-state index is -0.548. The van der Waals surface area contributed by atoms with Gasteiger partial charge in [-0.25, -0.2) is 4.98 Å². The van der Waals surface area contributed by atoms with Gasteiger partial charge in [0.1, 0.15) is 11.5 Å². The summed E-state index contributed by atoms with van der Waals surface area (Å²) in [6, 6.07) is 11.8. The molecule has 0 fully saturated rings. The van der Waals surface area contributed by atoms with E-state index in [2.05, 4.69) is 5.32 Å². The van der Waals surface area contributed by atoms with E-state index in [4.69, 9.17) is 35.2 Å². The number of hydrogen-bond donors (Lipinski definition) is 1. The highest BCUT2D eigenvalue weighted by molar-refractivity contribution is 8.00. The maximum absolute atomic E-state index is 13.6. The van der Waals surface area contributed by atoms with Gasteiger partial charge >= 0.3 is 0 Å². The lowest BCUT2D eigenvalue weighted by Gasteiger charge is -2.18. The van der Waals surface area contributed by atoms with Crippen molar-refractivity contribution in [2.24, 2.45) is 0 Å². The molecule has 2 aromatic carbocycles. The normalized spacial score (nSPS) is 11.8. The highest BCUT2D eigenvalue weighted by Crippen LogP contribution is 2.33. The number of halogens is 1. The SMILES string of the molecule is CC[C@@H](Sc1nc2cc(OC)c(OC)cc2c(=O)n1Cc1ccco1)C(=O)Nc1ccc(OC)c(Cl)c1. The van der Waals surface area contributed by atoms with Crippen molar-refractivity contribution in [2.45, 2.75) is 30.3 Å². The summed E-state index contributed by atoms with van der Waals surface area (Å²) in [7, 11) is 4.54. The van der Waals surface area contributed by atoms with Crippen LogP contribution in [0.5, 0.6) is 17.2 Å². The lowest BCUT2D eigenvalue weighted by molar-refractivity contribution is -0.115. The van der Waals surface area contributed by atoms with Crippen LogP contribution in [0.1, 0.15) is 19.1 Å². The van der Waals surface area contributed by atoms with E-state index in [1.807, 2.05) is 6.92 Å². The predicted molar refractivity (Wildman–Crippen MR) is 143 cm³/mol. The molecule has 1 atom stereocenters. The number of methoxy groups -OCH3 is 3.